The van der Waals surface area contributed by atoms with E-state index in [0.29, 0.717) is 128 Å². The van der Waals surface area contributed by atoms with E-state index in [-0.39, 0.29) is 0 Å². The largest absolute Gasteiger partial charge is 0.355 e. The molecule has 25 nitrogen and oxygen atoms in total. The van der Waals surface area contributed by atoms with Gasteiger partial charge in [-0.25, -0.2) is 49.8 Å². The van der Waals surface area contributed by atoms with Crippen molar-refractivity contribution in [1.29, 1.82) is 0 Å². The lowest BCUT2D eigenvalue weighted by Gasteiger charge is -2.42. The van der Waals surface area contributed by atoms with Gasteiger partial charge in [-0.05, 0) is 146 Å². The minimum Gasteiger partial charge on any atom is -0.355 e. The first-order valence-corrected chi connectivity index (χ1v) is 48.6. The number of hydrogen-bond donors (Lipinski definition) is 5. The van der Waals surface area contributed by atoms with Gasteiger partial charge in [0.1, 0.15) is 56.7 Å². The molecule has 23 rings (SSSR count). The molecule has 15 heterocycles. The zero-order valence-electron chi connectivity index (χ0n) is 73.0. The van der Waals surface area contributed by atoms with Crippen LogP contribution in [-0.2, 0) is 0 Å². The van der Waals surface area contributed by atoms with E-state index in [0.717, 1.165) is 187 Å². The molecule has 5 aliphatic heterocycles. The number of anilines is 5. The summed E-state index contributed by atoms with van der Waals surface area (Å²) in [7, 11) is 0. The minimum absolute atomic E-state index is 0.400. The molecule has 2 spiro atoms. The summed E-state index contributed by atoms with van der Waals surface area (Å²) in [5.74, 6) is 7.82. The molecule has 1 unspecified atom stereocenters. The number of H-pyrrole nitrogens is 5. The van der Waals surface area contributed by atoms with Gasteiger partial charge in [0.15, 0.2) is 0 Å². The molecule has 35 heteroatoms. The molecular formula is C95H99Cl10N25. The van der Waals surface area contributed by atoms with E-state index in [9.17, 15) is 0 Å². The Morgan fingerprint density at radius 3 is 0.892 bits per heavy atom. The Morgan fingerprint density at radius 1 is 0.331 bits per heavy atom. The van der Waals surface area contributed by atoms with Crippen molar-refractivity contribution in [2.24, 2.45) is 45.3 Å². The summed E-state index contributed by atoms with van der Waals surface area (Å²) in [6.45, 7) is 24.4. The monoisotopic (exact) mass is 1940 g/mol. The van der Waals surface area contributed by atoms with E-state index in [1.54, 1.807) is 30.3 Å². The lowest BCUT2D eigenvalue weighted by molar-refractivity contribution is 0.161. The van der Waals surface area contributed by atoms with Crippen molar-refractivity contribution < 1.29 is 0 Å². The SMILES string of the molecule is CC1(C)CCN(c2cnc3c(-c4cccc(Cl)c4Cl)[nH]nc3n2)CC1.CC1[C@H]2CN(c3cnc4c(-c5cccc(Cl)c5Cl)[nH]nc4n3)C[C@@H]12.CCC1(C)CCN(c2cnc3c(-c4cccc(Cl)c4Cl)[nH]nc3n2)CC1.C[C@H]1CCCC12CCN(c1cnc3c(-c4cccc(Cl)c4Cl)[nH]nc3n1)CC2.Clc1cccc(-c2[nH]nc3nc(N4CCC5(CCCC5)CC4)cnc23)c1Cl. The van der Waals surface area contributed by atoms with E-state index >= 15 is 0 Å². The van der Waals surface area contributed by atoms with Gasteiger partial charge in [-0.1, -0.05) is 250 Å². The zero-order chi connectivity index (χ0) is 90.1. The van der Waals surface area contributed by atoms with Crippen LogP contribution in [-0.4, -0.2) is 166 Å². The van der Waals surface area contributed by atoms with Gasteiger partial charge in [0, 0.05) is 93.3 Å². The average Bonchev–Trinajstić information content (AvgIpc) is 1.58. The maximum absolute atomic E-state index is 6.37. The molecular weight excluding hydrogens is 1850 g/mol. The Morgan fingerprint density at radius 2 is 0.608 bits per heavy atom. The first-order chi connectivity index (χ1) is 62.8. The second-order valence-corrected chi connectivity index (χ2v) is 41.2. The Balaban J connectivity index is 0.000000105. The lowest BCUT2D eigenvalue weighted by atomic mass is 9.71. The fourth-order valence-corrected chi connectivity index (χ4v) is 22.1. The molecule has 0 radical (unpaired) electrons. The normalized spacial score (nSPS) is 20.0. The lowest BCUT2D eigenvalue weighted by Crippen LogP contribution is -2.41. The number of piperidine rings is 5. The zero-order valence-corrected chi connectivity index (χ0v) is 80.5. The van der Waals surface area contributed by atoms with Crippen LogP contribution in [0.3, 0.4) is 0 Å². The Labute approximate surface area is 803 Å². The first kappa shape index (κ1) is 89.9. The third-order valence-electron chi connectivity index (χ3n) is 29.2. The fourth-order valence-electron chi connectivity index (χ4n) is 20.2. The van der Waals surface area contributed by atoms with Crippen LogP contribution in [0.1, 0.15) is 144 Å². The molecule has 3 aliphatic carbocycles. The minimum atomic E-state index is 0.400. The van der Waals surface area contributed by atoms with Crippen LogP contribution in [0.5, 0.6) is 0 Å². The maximum atomic E-state index is 6.37. The molecule has 5 saturated heterocycles. The van der Waals surface area contributed by atoms with Crippen molar-refractivity contribution >= 4 is 201 Å². The molecule has 130 heavy (non-hydrogen) atoms. The number of benzene rings is 5. The molecule has 15 aromatic rings. The summed E-state index contributed by atoms with van der Waals surface area (Å²) in [4.78, 5) is 58.3. The number of nitrogens with zero attached hydrogens (tertiary/aromatic N) is 20. The van der Waals surface area contributed by atoms with Crippen LogP contribution in [0.25, 0.3) is 112 Å². The highest BCUT2D eigenvalue weighted by Crippen LogP contribution is 2.54. The van der Waals surface area contributed by atoms with Gasteiger partial charge in [-0.2, -0.15) is 25.5 Å². The highest BCUT2D eigenvalue weighted by Gasteiger charge is 2.53. The summed E-state index contributed by atoms with van der Waals surface area (Å²) >= 11 is 62.4. The molecule has 10 aromatic heterocycles. The van der Waals surface area contributed by atoms with E-state index in [1.807, 2.05) is 91.6 Å². The van der Waals surface area contributed by atoms with Crippen molar-refractivity contribution in [3.05, 3.63) is 172 Å². The molecule has 8 aliphatic rings. The first-order valence-electron chi connectivity index (χ1n) is 44.8. The predicted octanol–water partition coefficient (Wildman–Crippen LogP) is 25.5. The Kier molecular flexibility index (Phi) is 25.8. The van der Waals surface area contributed by atoms with Crippen LogP contribution >= 0.6 is 116 Å². The predicted molar refractivity (Wildman–Crippen MR) is 528 cm³/mol. The van der Waals surface area contributed by atoms with E-state index in [2.05, 4.69) is 152 Å². The highest BCUT2D eigenvalue weighted by atomic mass is 35.5. The van der Waals surface area contributed by atoms with Crippen molar-refractivity contribution in [1.82, 2.24) is 101 Å². The fraction of sp³-hybridized carbons (Fsp3) is 0.421. The molecule has 5 N–H and O–H groups in total. The van der Waals surface area contributed by atoms with Crippen molar-refractivity contribution in [2.75, 3.05) is 89.9 Å². The average molecular weight is 1950 g/mol. The van der Waals surface area contributed by atoms with Crippen LogP contribution < -0.4 is 24.5 Å². The van der Waals surface area contributed by atoms with Crippen molar-refractivity contribution in [3.63, 3.8) is 0 Å². The van der Waals surface area contributed by atoms with Crippen LogP contribution in [0.15, 0.2) is 122 Å². The standard InChI is InChI=1S/C21H23Cl2N5.C20H21Cl2N5.C19H21Cl2N5.C18H19Cl2N5.C17H15Cl2N5/c1-13-4-3-7-21(13)8-10-28(11-9-21)16-12-24-19-18(26-27-20(19)25-16)14-5-2-6-15(22)17(14)23;21-14-5-3-4-13(16(14)22)17-18-19(26-25-17)24-15(12-23-18)27-10-8-20(9-11-27)6-1-2-7-20;1-3-19(2)7-9-26(10-8-19)14-11-22-17-16(24-25-18(17)23-14)12-5-4-6-13(20)15(12)21;1-18(2)6-8-25(9-7-18)13-10-21-16-15(23-24-17(16)22-13)11-4-3-5-12(19)14(11)20;1-8-10-6-24(7-11(8)10)13-5-20-16-15(22-23-17(16)21-13)9-3-2-4-12(18)14(9)19/h2,5-6,12-13H,3-4,7-11H2,1H3,(H,25,26,27);3-5,12H,1-2,6-11H2,(H,24,25,26);4-6,11H,3,7-10H2,1-2H3,(H,23,24,25);3-5,10H,6-9H2,1-2H3,(H,22,23,24);2-5,8,10-11H,6-7H2,1H3,(H,21,22,23)/t13-;;;;8?,10-,11+/m0..../s1. The molecule has 0 amide bonds. The summed E-state index contributed by atoms with van der Waals surface area (Å²) in [5.41, 5.74) is 16.2. The number of aromatic amines is 5. The van der Waals surface area contributed by atoms with Crippen LogP contribution in [0.4, 0.5) is 29.1 Å². The highest BCUT2D eigenvalue weighted by molar-refractivity contribution is 6.46. The number of nitrogens with one attached hydrogen (secondary N) is 5. The van der Waals surface area contributed by atoms with Crippen LogP contribution in [0.2, 0.25) is 50.2 Å². The van der Waals surface area contributed by atoms with Gasteiger partial charge in [0.2, 0.25) is 28.2 Å². The smallest absolute Gasteiger partial charge is 0.202 e. The van der Waals surface area contributed by atoms with Gasteiger partial charge < -0.3 is 24.5 Å². The molecule has 8 fully saturated rings. The van der Waals surface area contributed by atoms with Crippen LogP contribution in [0, 0.1) is 45.3 Å². The van der Waals surface area contributed by atoms with E-state index in [1.165, 1.54) is 89.9 Å². The summed E-state index contributed by atoms with van der Waals surface area (Å²) < 4.78 is 0. The number of halogens is 10. The van der Waals surface area contributed by atoms with Crippen molar-refractivity contribution in [3.8, 4) is 56.3 Å². The maximum Gasteiger partial charge on any atom is 0.202 e. The number of hydrogen-bond acceptors (Lipinski definition) is 20. The van der Waals surface area contributed by atoms with Gasteiger partial charge in [0.25, 0.3) is 0 Å². The number of aromatic nitrogens is 20. The number of fused-ring (bicyclic) bond motifs is 6. The third kappa shape index (κ3) is 18.1. The van der Waals surface area contributed by atoms with Gasteiger partial charge in [-0.3, -0.25) is 25.5 Å². The van der Waals surface area contributed by atoms with Gasteiger partial charge in [0.05, 0.1) is 110 Å². The van der Waals surface area contributed by atoms with Gasteiger partial charge >= 0.3 is 0 Å². The second kappa shape index (κ2) is 37.3. The summed E-state index contributed by atoms with van der Waals surface area (Å²) in [6.07, 6.45) is 29.8. The molecule has 3 saturated carbocycles. The van der Waals surface area contributed by atoms with Crippen molar-refractivity contribution in [2.45, 2.75) is 144 Å². The molecule has 674 valence electrons. The second-order valence-electron chi connectivity index (χ2n) is 37.2. The summed E-state index contributed by atoms with van der Waals surface area (Å²) in [5, 5.41) is 41.8. The van der Waals surface area contributed by atoms with E-state index in [4.69, 9.17) is 131 Å². The molecule has 4 atom stereocenters. The molecule has 0 bridgehead atoms. The molecule has 5 aromatic carbocycles. The third-order valence-corrected chi connectivity index (χ3v) is 33.2. The Bertz CT molecular complexity index is 6650. The summed E-state index contributed by atoms with van der Waals surface area (Å²) in [6, 6.07) is 27.6. The topological polar surface area (TPSA) is 288 Å². The Hall–Kier alpha value is -9.25. The quantitative estimate of drug-likeness (QED) is 0.0804. The van der Waals surface area contributed by atoms with E-state index < -0.39 is 0 Å². The van der Waals surface area contributed by atoms with Gasteiger partial charge in [-0.15, -0.1) is 0 Å². The number of rotatable bonds is 11.